The first-order chi connectivity index (χ1) is 23.9. The van der Waals surface area contributed by atoms with Crippen LogP contribution in [0.25, 0.3) is 0 Å². The Morgan fingerprint density at radius 2 is 1.43 bits per heavy atom. The zero-order chi connectivity index (χ0) is 34.2. The van der Waals surface area contributed by atoms with E-state index in [1.165, 1.54) is 21.3 Å². The Hall–Kier alpha value is -4.50. The van der Waals surface area contributed by atoms with Gasteiger partial charge in [-0.25, -0.2) is 0 Å². The Kier molecular flexibility index (Phi) is 11.1. The van der Waals surface area contributed by atoms with Crippen LogP contribution < -0.4 is 20.4 Å². The molecular weight excluding hydrogens is 683 g/mol. The number of nitrogens with one attached hydrogen (secondary N) is 1. The van der Waals surface area contributed by atoms with Gasteiger partial charge in [-0.1, -0.05) is 0 Å². The van der Waals surface area contributed by atoms with Gasteiger partial charge in [0.25, 0.3) is 0 Å². The van der Waals surface area contributed by atoms with Crippen molar-refractivity contribution in [3.63, 3.8) is 0 Å². The van der Waals surface area contributed by atoms with Gasteiger partial charge in [-0.15, -0.1) is 0 Å². The molecule has 9 heteroatoms. The first kappa shape index (κ1) is 34.4. The predicted octanol–water partition coefficient (Wildman–Crippen LogP) is 5.62. The molecule has 0 spiro atoms. The van der Waals surface area contributed by atoms with E-state index in [1.807, 2.05) is 98.8 Å². The van der Waals surface area contributed by atoms with Gasteiger partial charge >= 0.3 is 293 Å². The van der Waals surface area contributed by atoms with Gasteiger partial charge in [0, 0.05) is 0 Å². The first-order valence-corrected chi connectivity index (χ1v) is 18.1. The molecule has 252 valence electrons. The van der Waals surface area contributed by atoms with Crippen molar-refractivity contribution in [1.29, 1.82) is 0 Å². The number of benzene rings is 4. The Morgan fingerprint density at radius 1 is 0.837 bits per heavy atom. The van der Waals surface area contributed by atoms with Crippen LogP contribution in [0.2, 0.25) is 4.82 Å². The average molecular weight is 724 g/mol. The summed E-state index contributed by atoms with van der Waals surface area (Å²) >= 11 is -0.131. The number of H-pyrrole nitrogens is 1. The minimum atomic E-state index is -1.01. The van der Waals surface area contributed by atoms with Crippen molar-refractivity contribution in [2.75, 3.05) is 20.3 Å². The van der Waals surface area contributed by atoms with E-state index >= 15 is 0 Å². The quantitative estimate of drug-likeness (QED) is 0.0964. The maximum atomic E-state index is 13.2. The first-order valence-electron chi connectivity index (χ1n) is 16.2. The van der Waals surface area contributed by atoms with Crippen LogP contribution in [0.1, 0.15) is 36.8 Å². The third-order valence-electron chi connectivity index (χ3n) is 8.53. The second kappa shape index (κ2) is 15.8. The number of aromatic nitrogens is 2. The van der Waals surface area contributed by atoms with Crippen LogP contribution in [0.4, 0.5) is 0 Å². The number of nitrogens with zero attached hydrogens (tertiary/aromatic N) is 1. The molecule has 5 aromatic rings. The molecule has 1 fully saturated rings. The summed E-state index contributed by atoms with van der Waals surface area (Å²) in [5.74, 6) is 0.745. The van der Waals surface area contributed by atoms with E-state index in [0.717, 1.165) is 28.0 Å². The van der Waals surface area contributed by atoms with Gasteiger partial charge in [0.05, 0.1) is 0 Å². The number of methoxy groups -OCH3 is 1. The summed E-state index contributed by atoms with van der Waals surface area (Å²) in [6.45, 7) is 4.58. The average Bonchev–Trinajstić information content (AvgIpc) is 3.46. The van der Waals surface area contributed by atoms with Crippen molar-refractivity contribution in [2.24, 2.45) is 0 Å². The number of rotatable bonds is 13. The maximum absolute atomic E-state index is 13.2. The number of aromatic amines is 1. The fourth-order valence-corrected chi connectivity index (χ4v) is 8.79. The van der Waals surface area contributed by atoms with Crippen molar-refractivity contribution in [1.82, 2.24) is 9.55 Å². The molecule has 49 heavy (non-hydrogen) atoms. The molecule has 8 nitrogen and oxygen atoms in total. The second-order valence-electron chi connectivity index (χ2n) is 12.0. The molecule has 0 aliphatic carbocycles. The van der Waals surface area contributed by atoms with Crippen molar-refractivity contribution < 1.29 is 18.9 Å². The summed E-state index contributed by atoms with van der Waals surface area (Å²) < 4.78 is 28.8. The number of allylic oxidation sites excluding steroid dienone is 1. The molecule has 1 aliphatic rings. The molecule has 4 aromatic carbocycles. The Morgan fingerprint density at radius 3 is 2.00 bits per heavy atom. The topological polar surface area (TPSA) is 91.8 Å². The molecule has 0 saturated carbocycles. The predicted molar refractivity (Wildman–Crippen MR) is 192 cm³/mol. The normalized spacial score (nSPS) is 19.0. The van der Waals surface area contributed by atoms with Crippen LogP contribution in [0.3, 0.4) is 0 Å². The SMILES string of the molecule is COc1ccc(C(OC[C@H]2O[C@@H](n3ccc(=O)[nH]c3=O)[C@@H](OCC=C(C)C)[C@@H]2[Se]c2ccccc2)(c2ccccc2)c2ccccc2)cc1. The van der Waals surface area contributed by atoms with Crippen molar-refractivity contribution in [2.45, 2.75) is 42.7 Å². The number of hydrogen-bond acceptors (Lipinski definition) is 6. The zero-order valence-electron chi connectivity index (χ0n) is 27.7. The Bertz CT molecular complexity index is 1900. The van der Waals surface area contributed by atoms with Crippen molar-refractivity contribution >= 4 is 19.4 Å². The molecule has 2 heterocycles. The molecule has 1 saturated heterocycles. The summed E-state index contributed by atoms with van der Waals surface area (Å²) in [5.41, 5.74) is 1.94. The fraction of sp³-hybridized carbons (Fsp3) is 0.250. The molecule has 0 radical (unpaired) electrons. The molecule has 0 amide bonds. The van der Waals surface area contributed by atoms with E-state index in [9.17, 15) is 9.59 Å². The van der Waals surface area contributed by atoms with E-state index in [1.54, 1.807) is 7.11 Å². The Labute approximate surface area is 292 Å². The van der Waals surface area contributed by atoms with Gasteiger partial charge in [-0.3, -0.25) is 0 Å². The van der Waals surface area contributed by atoms with Gasteiger partial charge in [-0.2, -0.15) is 0 Å². The third kappa shape index (κ3) is 7.72. The van der Waals surface area contributed by atoms with Crippen molar-refractivity contribution in [3.8, 4) is 5.75 Å². The van der Waals surface area contributed by atoms with Gasteiger partial charge in [0.1, 0.15) is 0 Å². The molecular formula is C40H40N2O6Se. The minimum absolute atomic E-state index is 0.131. The van der Waals surface area contributed by atoms with Crippen LogP contribution >= 0.6 is 0 Å². The van der Waals surface area contributed by atoms with E-state index in [2.05, 4.69) is 41.4 Å². The summed E-state index contributed by atoms with van der Waals surface area (Å²) in [5, 5.41) is 0. The van der Waals surface area contributed by atoms with E-state index in [-0.39, 0.29) is 26.4 Å². The van der Waals surface area contributed by atoms with Crippen LogP contribution in [0.5, 0.6) is 5.75 Å². The van der Waals surface area contributed by atoms with Crippen molar-refractivity contribution in [3.05, 3.63) is 177 Å². The van der Waals surface area contributed by atoms with Gasteiger partial charge < -0.3 is 0 Å². The van der Waals surface area contributed by atoms with E-state index < -0.39 is 35.3 Å². The van der Waals surface area contributed by atoms with Gasteiger partial charge in [0.2, 0.25) is 0 Å². The number of hydrogen-bond donors (Lipinski definition) is 1. The van der Waals surface area contributed by atoms with Gasteiger partial charge in [-0.05, 0) is 0 Å². The van der Waals surface area contributed by atoms with Crippen LogP contribution in [0, 0.1) is 0 Å². The molecule has 4 atom stereocenters. The fourth-order valence-electron chi connectivity index (χ4n) is 6.12. The molecule has 1 aliphatic heterocycles. The standard InChI is InChI=1S/C40H40N2O6Se/c1-28(2)24-26-46-36-37(49-33-17-11-6-12-18-33)34(48-38(36)42-25-23-35(43)41-39(42)44)27-47-40(29-13-7-4-8-14-29,30-15-9-5-10-16-30)31-19-21-32(45-3)22-20-31/h4-25,34,36-38H,26-27H2,1-3H3,(H,41,43,44)/t34-,36+,37-,38-/m1/s1. The van der Waals surface area contributed by atoms with E-state index in [4.69, 9.17) is 18.9 Å². The summed E-state index contributed by atoms with van der Waals surface area (Å²) in [7, 11) is 1.65. The monoisotopic (exact) mass is 724 g/mol. The summed E-state index contributed by atoms with van der Waals surface area (Å²) in [6, 6.07) is 39.9. The zero-order valence-corrected chi connectivity index (χ0v) is 29.4. The molecule has 1 N–H and O–H groups in total. The summed E-state index contributed by atoms with van der Waals surface area (Å²) in [6.07, 6.45) is 1.74. The van der Waals surface area contributed by atoms with E-state index in [0.29, 0.717) is 6.61 Å². The van der Waals surface area contributed by atoms with Crippen LogP contribution in [0.15, 0.2) is 149 Å². The summed E-state index contributed by atoms with van der Waals surface area (Å²) in [4.78, 5) is 27.5. The second-order valence-corrected chi connectivity index (χ2v) is 14.6. The molecule has 1 aromatic heterocycles. The third-order valence-corrected chi connectivity index (χ3v) is 11.4. The molecule has 6 rings (SSSR count). The number of ether oxygens (including phenoxy) is 4. The molecule has 0 unspecified atom stereocenters. The van der Waals surface area contributed by atoms with Crippen LogP contribution in [-0.2, 0) is 19.8 Å². The van der Waals surface area contributed by atoms with Crippen LogP contribution in [-0.4, -0.2) is 57.0 Å². The molecule has 0 bridgehead atoms. The Balaban J connectivity index is 1.45. The van der Waals surface area contributed by atoms with Gasteiger partial charge in [0.15, 0.2) is 0 Å².